The van der Waals surface area contributed by atoms with Crippen LogP contribution in [0.25, 0.3) is 5.57 Å². The van der Waals surface area contributed by atoms with Crippen molar-refractivity contribution in [1.82, 2.24) is 9.97 Å². The molecule has 324 valence electrons. The fourth-order valence-electron chi connectivity index (χ4n) is 9.54. The van der Waals surface area contributed by atoms with E-state index in [2.05, 4.69) is 58.0 Å². The Morgan fingerprint density at radius 1 is 0.833 bits per heavy atom. The molecule has 0 aromatic carbocycles. The number of ether oxygens (including phenoxy) is 2. The Labute approximate surface area is 366 Å². The van der Waals surface area contributed by atoms with Crippen LogP contribution in [0.1, 0.15) is 134 Å². The van der Waals surface area contributed by atoms with Gasteiger partial charge in [-0.15, -0.1) is 11.4 Å². The van der Waals surface area contributed by atoms with Gasteiger partial charge in [-0.05, 0) is 124 Å². The van der Waals surface area contributed by atoms with Crippen molar-refractivity contribution in [2.45, 2.75) is 120 Å². The van der Waals surface area contributed by atoms with Crippen molar-refractivity contribution in [3.8, 4) is 5.75 Å². The van der Waals surface area contributed by atoms with E-state index in [9.17, 15) is 24.3 Å². The molecule has 0 saturated heterocycles. The zero-order chi connectivity index (χ0) is 43.7. The number of nitrogens with zero attached hydrogens (tertiary/aromatic N) is 3. The Balaban J connectivity index is 0.000000849. The van der Waals surface area contributed by atoms with Gasteiger partial charge in [-0.3, -0.25) is 14.4 Å². The molecule has 2 aliphatic carbocycles. The average Bonchev–Trinajstić information content (AvgIpc) is 3.63. The van der Waals surface area contributed by atoms with Crippen LogP contribution < -0.4 is 9.72 Å². The van der Waals surface area contributed by atoms with Crippen LogP contribution in [0.3, 0.4) is 0 Å². The summed E-state index contributed by atoms with van der Waals surface area (Å²) >= 11 is 0. The number of pyridine rings is 1. The molecule has 13 nitrogen and oxygen atoms in total. The van der Waals surface area contributed by atoms with E-state index in [1.807, 2.05) is 20.8 Å². The molecule has 2 aromatic heterocycles. The van der Waals surface area contributed by atoms with Crippen molar-refractivity contribution in [2.75, 3.05) is 0 Å². The minimum atomic E-state index is -0.990. The molecule has 4 atom stereocenters. The third-order valence-electron chi connectivity index (χ3n) is 12.1. The maximum absolute atomic E-state index is 13.7. The molecule has 0 spiro atoms. The van der Waals surface area contributed by atoms with Crippen LogP contribution in [0.15, 0.2) is 58.8 Å². The maximum Gasteiger partial charge on any atom is 0.354 e. The third-order valence-corrected chi connectivity index (χ3v) is 12.1. The van der Waals surface area contributed by atoms with Crippen LogP contribution in [0.4, 0.5) is 0 Å². The first kappa shape index (κ1) is 49.9. The summed E-state index contributed by atoms with van der Waals surface area (Å²) in [4.78, 5) is 66.8. The van der Waals surface area contributed by atoms with E-state index >= 15 is 0 Å². The quantitative estimate of drug-likeness (QED) is 0.0535. The number of aromatic carboxylic acids is 1. The number of carboxylic acid groups (broad SMARTS) is 2. The van der Waals surface area contributed by atoms with Crippen LogP contribution in [-0.4, -0.2) is 50.0 Å². The average molecular weight is 882 g/mol. The summed E-state index contributed by atoms with van der Waals surface area (Å²) < 4.78 is 12.4. The van der Waals surface area contributed by atoms with Gasteiger partial charge in [0.25, 0.3) is 0 Å². The van der Waals surface area contributed by atoms with Gasteiger partial charge in [0, 0.05) is 44.1 Å². The summed E-state index contributed by atoms with van der Waals surface area (Å²) in [6, 6.07) is 4.76. The minimum absolute atomic E-state index is 0. The summed E-state index contributed by atoms with van der Waals surface area (Å²) in [5.41, 5.74) is 4.41. The molecule has 5 rings (SSSR count). The van der Waals surface area contributed by atoms with E-state index in [0.717, 1.165) is 25.7 Å². The predicted molar refractivity (Wildman–Crippen MR) is 223 cm³/mol. The van der Waals surface area contributed by atoms with E-state index < -0.39 is 11.9 Å². The number of esters is 2. The number of hydrogen-bond acceptors (Lipinski definition) is 10. The zero-order valence-electron chi connectivity index (χ0n) is 36.7. The fourth-order valence-corrected chi connectivity index (χ4v) is 9.54. The van der Waals surface area contributed by atoms with Gasteiger partial charge in [0.05, 0.1) is 23.2 Å². The van der Waals surface area contributed by atoms with Crippen molar-refractivity contribution >= 4 is 35.2 Å². The van der Waals surface area contributed by atoms with Crippen molar-refractivity contribution in [3.63, 3.8) is 0 Å². The Morgan fingerprint density at radius 3 is 1.85 bits per heavy atom. The van der Waals surface area contributed by atoms with Gasteiger partial charge in [-0.1, -0.05) is 54.2 Å². The summed E-state index contributed by atoms with van der Waals surface area (Å²) in [5.74, 6) is -0.161. The van der Waals surface area contributed by atoms with Gasteiger partial charge < -0.3 is 29.6 Å². The number of aliphatic imine (C=N–C) groups is 1. The molecule has 0 amide bonds. The number of hydrogen-bond donors (Lipinski definition) is 3. The summed E-state index contributed by atoms with van der Waals surface area (Å²) in [5, 5.41) is 26.8. The monoisotopic (exact) mass is 880 g/mol. The Kier molecular flexibility index (Phi) is 18.7. The summed E-state index contributed by atoms with van der Waals surface area (Å²) in [7, 11) is 0. The summed E-state index contributed by atoms with van der Waals surface area (Å²) in [6.45, 7) is 22.2. The molecule has 1 aliphatic heterocycles. The second kappa shape index (κ2) is 22.4. The topological polar surface area (TPSA) is 196 Å². The molecule has 60 heavy (non-hydrogen) atoms. The van der Waals surface area contributed by atoms with Gasteiger partial charge in [0.15, 0.2) is 5.76 Å². The molecule has 2 saturated carbocycles. The van der Waals surface area contributed by atoms with Gasteiger partial charge in [0.1, 0.15) is 17.2 Å². The van der Waals surface area contributed by atoms with Crippen molar-refractivity contribution in [1.29, 1.82) is 0 Å². The van der Waals surface area contributed by atoms with E-state index in [0.29, 0.717) is 82.1 Å². The molecule has 2 fully saturated rings. The molecule has 0 bridgehead atoms. The largest absolute Gasteiger partial charge is 0.658 e. The molecular weight excluding hydrogens is 820 g/mol. The smallest absolute Gasteiger partial charge is 0.354 e. The molecule has 3 N–H and O–H groups in total. The van der Waals surface area contributed by atoms with E-state index in [1.165, 1.54) is 12.3 Å². The van der Waals surface area contributed by atoms with Crippen LogP contribution in [0.2, 0.25) is 0 Å². The van der Waals surface area contributed by atoms with E-state index in [1.54, 1.807) is 12.1 Å². The number of allylic oxidation sites excluding steroid dienone is 4. The van der Waals surface area contributed by atoms with Gasteiger partial charge >= 0.3 is 23.9 Å². The van der Waals surface area contributed by atoms with E-state index in [-0.39, 0.29) is 91.2 Å². The standard InChI is InChI=1S/C40H58N2O8.C6H5NO2.Zn/c1-20-16-22(3)33(23(4)17-20)39(45)48-37-28(9)35(41-30(37)12-11-13-32(43)44)27(8)36-29(10)38(31(42-36)15-14-26(7)50-47)49-40(46)34-24(5)18-21(2)19-25(34)6;8-6(9)5-3-1-2-4-7-5;/h20-25,33-34H,7,11-19H2,1-6,8-10H3,(H3,41,42,43,44,47);1-4H,(H,8,9);/p-1. The van der Waals surface area contributed by atoms with Gasteiger partial charge in [-0.25, -0.2) is 20.0 Å². The minimum Gasteiger partial charge on any atom is -0.658 e. The van der Waals surface area contributed by atoms with Gasteiger partial charge in [0.2, 0.25) is 0 Å². The second-order valence-corrected chi connectivity index (χ2v) is 17.2. The first-order valence-corrected chi connectivity index (χ1v) is 20.8. The number of aromatic nitrogens is 2. The zero-order valence-corrected chi connectivity index (χ0v) is 39.7. The number of aryl methyl sites for hydroxylation is 1. The maximum atomic E-state index is 13.7. The van der Waals surface area contributed by atoms with Gasteiger partial charge in [-0.2, -0.15) is 0 Å². The van der Waals surface area contributed by atoms with Crippen molar-refractivity contribution < 1.29 is 68.5 Å². The summed E-state index contributed by atoms with van der Waals surface area (Å²) in [6.07, 6.45) is 6.50. The molecule has 4 unspecified atom stereocenters. The molecular formula is C46H62N3O10Zn-. The van der Waals surface area contributed by atoms with Crippen LogP contribution in [-0.2, 0) is 49.9 Å². The Morgan fingerprint density at radius 2 is 1.38 bits per heavy atom. The molecule has 3 aliphatic rings. The number of rotatable bonds is 14. The first-order chi connectivity index (χ1) is 27.8. The molecule has 3 heterocycles. The van der Waals surface area contributed by atoms with Crippen LogP contribution >= 0.6 is 0 Å². The molecule has 14 heteroatoms. The van der Waals surface area contributed by atoms with E-state index in [4.69, 9.17) is 29.8 Å². The Bertz CT molecular complexity index is 1940. The fraction of sp³-hybridized carbons (Fsp3) is 0.565. The van der Waals surface area contributed by atoms with Crippen molar-refractivity contribution in [3.05, 3.63) is 76.4 Å². The SMILES string of the molecule is C=C(CCc1[n-]c(/C(C)=C2\N=C(CCCC(=O)O)C(OC(=O)C3C(C)CC(C)CC3C)=C2C)c(C)c1OC(=O)C1C(C)CC(C)CC1C)OO.O=C(O)c1ccccn1.[Zn]. The molecule has 2 aromatic rings. The number of carbonyl (C=O) groups is 4. The number of carbonyl (C=O) groups excluding carboxylic acids is 2. The second-order valence-electron chi connectivity index (χ2n) is 17.2. The first-order valence-electron chi connectivity index (χ1n) is 20.8. The number of carboxylic acids is 2. The Hall–Kier alpha value is -4.42. The number of aliphatic carboxylic acids is 1. The normalized spacial score (nSPS) is 25.8. The van der Waals surface area contributed by atoms with Crippen LogP contribution in [0.5, 0.6) is 5.75 Å². The predicted octanol–water partition coefficient (Wildman–Crippen LogP) is 9.47. The van der Waals surface area contributed by atoms with Crippen molar-refractivity contribution in [2.24, 2.45) is 52.3 Å². The van der Waals surface area contributed by atoms with Crippen LogP contribution in [0, 0.1) is 54.3 Å². The third kappa shape index (κ3) is 12.6. The molecule has 0 radical (unpaired) electrons.